The third-order valence-corrected chi connectivity index (χ3v) is 4.28. The van der Waals surface area contributed by atoms with Crippen LogP contribution in [-0.2, 0) is 17.7 Å². The number of unbranched alkanes of at least 4 members (excludes halogenated alkanes) is 1. The lowest BCUT2D eigenvalue weighted by atomic mass is 10.1. The molecular formula is C21H26N2O2. The number of nitrogens with zero attached hydrogens (tertiary/aromatic N) is 2. The Hall–Kier alpha value is -2.17. The van der Waals surface area contributed by atoms with Crippen LogP contribution in [-0.4, -0.2) is 34.0 Å². The summed E-state index contributed by atoms with van der Waals surface area (Å²) in [5.41, 5.74) is 3.24. The number of aliphatic hydroxyl groups is 1. The molecule has 0 spiro atoms. The zero-order valence-electron chi connectivity index (χ0n) is 14.8. The maximum atomic E-state index is 10.4. The lowest BCUT2D eigenvalue weighted by Gasteiger charge is -2.15. The second-order valence-electron chi connectivity index (χ2n) is 6.37. The van der Waals surface area contributed by atoms with Gasteiger partial charge in [0.15, 0.2) is 0 Å². The molecule has 0 fully saturated rings. The maximum Gasteiger partial charge on any atom is 0.114 e. The van der Waals surface area contributed by atoms with Crippen LogP contribution in [0.25, 0.3) is 11.0 Å². The lowest BCUT2D eigenvalue weighted by Crippen LogP contribution is -2.23. The second kappa shape index (κ2) is 8.79. The van der Waals surface area contributed by atoms with Crippen molar-refractivity contribution >= 4 is 11.0 Å². The molecule has 0 bridgehead atoms. The minimum Gasteiger partial charge on any atom is -0.389 e. The standard InChI is InChI=1S/C21H26N2O2/c1-2-3-13-25-16-18(24)15-23-20-12-8-7-11-19(20)22-21(23)14-17-9-5-4-6-10-17/h4-12,18,24H,2-3,13-16H2,1H3/t18-/m1/s1. The van der Waals surface area contributed by atoms with Crippen LogP contribution in [0, 0.1) is 0 Å². The minimum atomic E-state index is -0.538. The number of benzene rings is 2. The number of hydrogen-bond donors (Lipinski definition) is 1. The summed E-state index contributed by atoms with van der Waals surface area (Å²) in [6.07, 6.45) is 2.34. The van der Waals surface area contributed by atoms with Gasteiger partial charge in [-0.15, -0.1) is 0 Å². The number of hydrogen-bond acceptors (Lipinski definition) is 3. The van der Waals surface area contributed by atoms with Crippen molar-refractivity contribution in [2.75, 3.05) is 13.2 Å². The highest BCUT2D eigenvalue weighted by Gasteiger charge is 2.14. The van der Waals surface area contributed by atoms with Gasteiger partial charge in [0.1, 0.15) is 5.82 Å². The summed E-state index contributed by atoms with van der Waals surface area (Å²) >= 11 is 0. The molecule has 4 heteroatoms. The van der Waals surface area contributed by atoms with Gasteiger partial charge in [-0.2, -0.15) is 0 Å². The van der Waals surface area contributed by atoms with E-state index in [2.05, 4.69) is 29.7 Å². The van der Waals surface area contributed by atoms with E-state index in [9.17, 15) is 5.11 Å². The number of para-hydroxylation sites is 2. The number of rotatable bonds is 9. The van der Waals surface area contributed by atoms with Crippen LogP contribution in [0.1, 0.15) is 31.2 Å². The molecule has 0 aliphatic heterocycles. The molecule has 0 saturated heterocycles. The topological polar surface area (TPSA) is 47.3 Å². The zero-order chi connectivity index (χ0) is 17.5. The first-order valence-corrected chi connectivity index (χ1v) is 9.01. The summed E-state index contributed by atoms with van der Waals surface area (Å²) in [7, 11) is 0. The van der Waals surface area contributed by atoms with Crippen LogP contribution >= 0.6 is 0 Å². The molecule has 1 N–H and O–H groups in total. The van der Waals surface area contributed by atoms with Crippen molar-refractivity contribution in [3.8, 4) is 0 Å². The summed E-state index contributed by atoms with van der Waals surface area (Å²) < 4.78 is 7.69. The van der Waals surface area contributed by atoms with Gasteiger partial charge in [-0.25, -0.2) is 4.98 Å². The number of ether oxygens (including phenoxy) is 1. The fraction of sp³-hybridized carbons (Fsp3) is 0.381. The Morgan fingerprint density at radius 2 is 1.84 bits per heavy atom. The monoisotopic (exact) mass is 338 g/mol. The molecule has 0 radical (unpaired) electrons. The van der Waals surface area contributed by atoms with E-state index in [4.69, 9.17) is 9.72 Å². The first-order valence-electron chi connectivity index (χ1n) is 9.01. The predicted molar refractivity (Wildman–Crippen MR) is 101 cm³/mol. The third kappa shape index (κ3) is 4.68. The van der Waals surface area contributed by atoms with Gasteiger partial charge in [0, 0.05) is 13.0 Å². The lowest BCUT2D eigenvalue weighted by molar-refractivity contribution is 0.0273. The van der Waals surface area contributed by atoms with E-state index in [-0.39, 0.29) is 0 Å². The van der Waals surface area contributed by atoms with Gasteiger partial charge in [-0.05, 0) is 24.1 Å². The van der Waals surface area contributed by atoms with Gasteiger partial charge < -0.3 is 14.4 Å². The smallest absolute Gasteiger partial charge is 0.114 e. The SMILES string of the molecule is CCCCOC[C@H](O)Cn1c(Cc2ccccc2)nc2ccccc21. The van der Waals surface area contributed by atoms with Crippen molar-refractivity contribution in [2.45, 2.75) is 38.8 Å². The number of imidazole rings is 1. The van der Waals surface area contributed by atoms with Crippen LogP contribution in [0.15, 0.2) is 54.6 Å². The minimum absolute atomic E-state index is 0.358. The zero-order valence-corrected chi connectivity index (χ0v) is 14.8. The van der Waals surface area contributed by atoms with E-state index in [1.165, 1.54) is 5.56 Å². The average molecular weight is 338 g/mol. The molecule has 1 heterocycles. The average Bonchev–Trinajstić information content (AvgIpc) is 2.97. The summed E-state index contributed by atoms with van der Waals surface area (Å²) in [4.78, 5) is 4.78. The van der Waals surface area contributed by atoms with Crippen molar-refractivity contribution in [2.24, 2.45) is 0 Å². The molecule has 0 unspecified atom stereocenters. The van der Waals surface area contributed by atoms with Crippen LogP contribution in [0.5, 0.6) is 0 Å². The largest absolute Gasteiger partial charge is 0.389 e. The van der Waals surface area contributed by atoms with Gasteiger partial charge >= 0.3 is 0 Å². The van der Waals surface area contributed by atoms with Gasteiger partial charge in [-0.1, -0.05) is 55.8 Å². The van der Waals surface area contributed by atoms with Crippen molar-refractivity contribution < 1.29 is 9.84 Å². The van der Waals surface area contributed by atoms with Gasteiger partial charge in [0.05, 0.1) is 30.3 Å². The van der Waals surface area contributed by atoms with Gasteiger partial charge in [0.2, 0.25) is 0 Å². The van der Waals surface area contributed by atoms with Crippen LogP contribution < -0.4 is 0 Å². The molecule has 25 heavy (non-hydrogen) atoms. The Balaban J connectivity index is 1.78. The molecule has 0 aliphatic carbocycles. The maximum absolute atomic E-state index is 10.4. The molecule has 1 aromatic heterocycles. The second-order valence-corrected chi connectivity index (χ2v) is 6.37. The first-order chi connectivity index (χ1) is 12.3. The highest BCUT2D eigenvalue weighted by Crippen LogP contribution is 2.19. The summed E-state index contributed by atoms with van der Waals surface area (Å²) in [5.74, 6) is 0.972. The Labute approximate surface area is 149 Å². The molecule has 132 valence electrons. The Morgan fingerprint density at radius 1 is 1.08 bits per heavy atom. The fourth-order valence-corrected chi connectivity index (χ4v) is 2.97. The quantitative estimate of drug-likeness (QED) is 0.604. The van der Waals surface area contributed by atoms with E-state index >= 15 is 0 Å². The number of fused-ring (bicyclic) bond motifs is 1. The molecular weight excluding hydrogens is 312 g/mol. The molecule has 2 aromatic carbocycles. The Morgan fingerprint density at radius 3 is 2.64 bits per heavy atom. The molecule has 1 atom stereocenters. The fourth-order valence-electron chi connectivity index (χ4n) is 2.97. The highest BCUT2D eigenvalue weighted by molar-refractivity contribution is 5.76. The normalized spacial score (nSPS) is 12.6. The summed E-state index contributed by atoms with van der Waals surface area (Å²) in [5, 5.41) is 10.4. The van der Waals surface area contributed by atoms with Crippen molar-refractivity contribution in [3.05, 3.63) is 66.0 Å². The Bertz CT molecular complexity index is 783. The van der Waals surface area contributed by atoms with Gasteiger partial charge in [-0.3, -0.25) is 0 Å². The third-order valence-electron chi connectivity index (χ3n) is 4.28. The van der Waals surface area contributed by atoms with Crippen LogP contribution in [0.2, 0.25) is 0 Å². The summed E-state index contributed by atoms with van der Waals surface area (Å²) in [6.45, 7) is 3.69. The number of aromatic nitrogens is 2. The van der Waals surface area contributed by atoms with E-state index < -0.39 is 6.10 Å². The Kier molecular flexibility index (Phi) is 6.20. The predicted octanol–water partition coefficient (Wildman–Crippen LogP) is 3.80. The van der Waals surface area contributed by atoms with E-state index in [1.54, 1.807) is 0 Å². The molecule has 0 saturated carbocycles. The number of aliphatic hydroxyl groups excluding tert-OH is 1. The molecule has 3 rings (SSSR count). The van der Waals surface area contributed by atoms with Crippen LogP contribution in [0.4, 0.5) is 0 Å². The summed E-state index contributed by atoms with van der Waals surface area (Å²) in [6, 6.07) is 18.4. The van der Waals surface area contributed by atoms with E-state index in [0.29, 0.717) is 19.8 Å². The van der Waals surface area contributed by atoms with Gasteiger partial charge in [0.25, 0.3) is 0 Å². The van der Waals surface area contributed by atoms with Crippen LogP contribution in [0.3, 0.4) is 0 Å². The van der Waals surface area contributed by atoms with Crippen molar-refractivity contribution in [3.63, 3.8) is 0 Å². The molecule has 4 nitrogen and oxygen atoms in total. The molecule has 0 aliphatic rings. The molecule has 0 amide bonds. The van der Waals surface area contributed by atoms with Crippen molar-refractivity contribution in [1.29, 1.82) is 0 Å². The molecule has 3 aromatic rings. The van der Waals surface area contributed by atoms with Crippen molar-refractivity contribution in [1.82, 2.24) is 9.55 Å². The van der Waals surface area contributed by atoms with E-state index in [1.807, 2.05) is 36.4 Å². The van der Waals surface area contributed by atoms with E-state index in [0.717, 1.165) is 36.1 Å². The first kappa shape index (κ1) is 17.6. The highest BCUT2D eigenvalue weighted by atomic mass is 16.5.